The molecule has 1 aliphatic heterocycles. The van der Waals surface area contributed by atoms with E-state index in [9.17, 15) is 13.2 Å². The molecule has 0 N–H and O–H groups in total. The highest BCUT2D eigenvalue weighted by molar-refractivity contribution is 5.50. The molecule has 0 atom stereocenters. The summed E-state index contributed by atoms with van der Waals surface area (Å²) in [5, 5.41) is 4.13. The number of fused-ring (bicyclic) bond motifs is 1. The van der Waals surface area contributed by atoms with Crippen molar-refractivity contribution in [1.82, 2.24) is 24.6 Å². The first-order valence-corrected chi connectivity index (χ1v) is 9.24. The highest BCUT2D eigenvalue weighted by Crippen LogP contribution is 2.40. The molecule has 146 valence electrons. The van der Waals surface area contributed by atoms with E-state index in [-0.39, 0.29) is 5.92 Å². The van der Waals surface area contributed by atoms with E-state index in [1.165, 1.54) is 0 Å². The van der Waals surface area contributed by atoms with E-state index in [1.54, 1.807) is 10.7 Å². The lowest BCUT2D eigenvalue weighted by Gasteiger charge is -2.36. The molecule has 2 aliphatic rings. The van der Waals surface area contributed by atoms with Crippen LogP contribution in [0.4, 0.5) is 24.8 Å². The Kier molecular flexibility index (Phi) is 3.88. The molecule has 0 bridgehead atoms. The summed E-state index contributed by atoms with van der Waals surface area (Å²) in [6.45, 7) is 2.46. The summed E-state index contributed by atoms with van der Waals surface area (Å²) < 4.78 is 41.4. The van der Waals surface area contributed by atoms with E-state index >= 15 is 0 Å². The SMILES string of the molecule is FC(F)(F)c1cc(N2CCN(c3ccn4nccc4n3)CC2)nc(C2CC2)n1. The quantitative estimate of drug-likeness (QED) is 0.687. The third kappa shape index (κ3) is 3.23. The van der Waals surface area contributed by atoms with Gasteiger partial charge in [-0.25, -0.2) is 19.5 Å². The Bertz CT molecular complexity index is 1000. The summed E-state index contributed by atoms with van der Waals surface area (Å²) in [4.78, 5) is 16.8. The van der Waals surface area contributed by atoms with Crippen molar-refractivity contribution in [3.05, 3.63) is 42.1 Å². The smallest absolute Gasteiger partial charge is 0.353 e. The van der Waals surface area contributed by atoms with Crippen molar-refractivity contribution in [1.29, 1.82) is 0 Å². The number of nitrogens with zero attached hydrogens (tertiary/aromatic N) is 7. The summed E-state index contributed by atoms with van der Waals surface area (Å²) in [5.41, 5.74) is -0.0886. The molecule has 4 heterocycles. The zero-order valence-corrected chi connectivity index (χ0v) is 15.0. The minimum absolute atomic E-state index is 0.0638. The van der Waals surface area contributed by atoms with Crippen LogP contribution in [0.1, 0.15) is 30.3 Å². The van der Waals surface area contributed by atoms with Gasteiger partial charge in [0.15, 0.2) is 5.65 Å². The van der Waals surface area contributed by atoms with Crippen LogP contribution in [0, 0.1) is 0 Å². The van der Waals surface area contributed by atoms with Crippen LogP contribution >= 0.6 is 0 Å². The van der Waals surface area contributed by atoms with Gasteiger partial charge in [0.05, 0.1) is 6.20 Å². The van der Waals surface area contributed by atoms with Gasteiger partial charge in [0.25, 0.3) is 0 Å². The first-order chi connectivity index (χ1) is 13.5. The molecular weight excluding hydrogens is 371 g/mol. The molecule has 7 nitrogen and oxygen atoms in total. The molecule has 1 saturated heterocycles. The molecule has 0 spiro atoms. The number of anilines is 2. The van der Waals surface area contributed by atoms with E-state index in [0.29, 0.717) is 37.8 Å². The van der Waals surface area contributed by atoms with Crippen LogP contribution in [-0.4, -0.2) is 50.7 Å². The topological polar surface area (TPSA) is 62.5 Å². The normalized spacial score (nSPS) is 18.1. The maximum atomic E-state index is 13.3. The summed E-state index contributed by atoms with van der Waals surface area (Å²) in [5.74, 6) is 1.59. The van der Waals surface area contributed by atoms with Crippen molar-refractivity contribution >= 4 is 17.3 Å². The molecule has 5 rings (SSSR count). The highest BCUT2D eigenvalue weighted by atomic mass is 19.4. The molecule has 3 aromatic heterocycles. The van der Waals surface area contributed by atoms with Crippen LogP contribution in [0.3, 0.4) is 0 Å². The first kappa shape index (κ1) is 17.2. The van der Waals surface area contributed by atoms with Gasteiger partial charge < -0.3 is 9.80 Å². The lowest BCUT2D eigenvalue weighted by atomic mass is 10.2. The Morgan fingerprint density at radius 2 is 1.61 bits per heavy atom. The number of rotatable bonds is 3. The summed E-state index contributed by atoms with van der Waals surface area (Å²) in [7, 11) is 0. The average Bonchev–Trinajstić information content (AvgIpc) is 3.44. The molecule has 28 heavy (non-hydrogen) atoms. The van der Waals surface area contributed by atoms with Gasteiger partial charge in [-0.1, -0.05) is 0 Å². The Hall–Kier alpha value is -2.91. The van der Waals surface area contributed by atoms with Crippen LogP contribution in [0.5, 0.6) is 0 Å². The molecule has 2 fully saturated rings. The van der Waals surface area contributed by atoms with Crippen molar-refractivity contribution < 1.29 is 13.2 Å². The van der Waals surface area contributed by atoms with Gasteiger partial charge in [0.1, 0.15) is 23.2 Å². The number of hydrogen-bond acceptors (Lipinski definition) is 6. The van der Waals surface area contributed by atoms with Gasteiger partial charge >= 0.3 is 6.18 Å². The number of alkyl halides is 3. The highest BCUT2D eigenvalue weighted by Gasteiger charge is 2.37. The van der Waals surface area contributed by atoms with E-state index in [1.807, 2.05) is 23.2 Å². The molecular formula is C18H18F3N7. The van der Waals surface area contributed by atoms with Gasteiger partial charge in [-0.05, 0) is 18.9 Å². The molecule has 10 heteroatoms. The molecule has 0 aromatic carbocycles. The molecule has 0 unspecified atom stereocenters. The second-order valence-electron chi connectivity index (χ2n) is 7.14. The summed E-state index contributed by atoms with van der Waals surface area (Å²) >= 11 is 0. The number of hydrogen-bond donors (Lipinski definition) is 0. The van der Waals surface area contributed by atoms with Crippen LogP contribution in [0.15, 0.2) is 30.6 Å². The van der Waals surface area contributed by atoms with Crippen molar-refractivity contribution in [2.75, 3.05) is 36.0 Å². The molecule has 1 aliphatic carbocycles. The predicted molar refractivity (Wildman–Crippen MR) is 96.4 cm³/mol. The number of aromatic nitrogens is 5. The largest absolute Gasteiger partial charge is 0.433 e. The van der Waals surface area contributed by atoms with Crippen molar-refractivity contribution in [3.8, 4) is 0 Å². The third-order valence-electron chi connectivity index (χ3n) is 5.13. The first-order valence-electron chi connectivity index (χ1n) is 9.24. The fourth-order valence-corrected chi connectivity index (χ4v) is 3.43. The molecule has 3 aromatic rings. The fraction of sp³-hybridized carbons (Fsp3) is 0.444. The van der Waals surface area contributed by atoms with E-state index in [4.69, 9.17) is 0 Å². The van der Waals surface area contributed by atoms with Crippen LogP contribution in [0.2, 0.25) is 0 Å². The minimum Gasteiger partial charge on any atom is -0.353 e. The van der Waals surface area contributed by atoms with Gasteiger partial charge in [0, 0.05) is 50.4 Å². The second kappa shape index (κ2) is 6.32. The Balaban J connectivity index is 1.35. The fourth-order valence-electron chi connectivity index (χ4n) is 3.43. The van der Waals surface area contributed by atoms with Gasteiger partial charge in [-0.15, -0.1) is 0 Å². The van der Waals surface area contributed by atoms with Crippen LogP contribution in [-0.2, 0) is 6.18 Å². The lowest BCUT2D eigenvalue weighted by molar-refractivity contribution is -0.141. The molecule has 0 radical (unpaired) electrons. The van der Waals surface area contributed by atoms with Gasteiger partial charge in [0.2, 0.25) is 0 Å². The maximum Gasteiger partial charge on any atom is 0.433 e. The number of piperazine rings is 1. The standard InChI is InChI=1S/C18H18F3N7/c19-18(20,21)13-11-16(25-17(23-13)12-1-2-12)27-9-7-26(8-10-27)14-4-6-28-15(24-14)3-5-22-28/h3-6,11-12H,1-2,7-10H2. The third-order valence-corrected chi connectivity index (χ3v) is 5.13. The minimum atomic E-state index is -4.46. The predicted octanol–water partition coefficient (Wildman–Crippen LogP) is 2.74. The molecule has 1 saturated carbocycles. The van der Waals surface area contributed by atoms with Crippen molar-refractivity contribution in [2.45, 2.75) is 24.9 Å². The maximum absolute atomic E-state index is 13.3. The number of halogens is 3. The van der Waals surface area contributed by atoms with E-state index < -0.39 is 11.9 Å². The monoisotopic (exact) mass is 389 g/mol. The lowest BCUT2D eigenvalue weighted by Crippen LogP contribution is -2.47. The van der Waals surface area contributed by atoms with Crippen molar-refractivity contribution in [2.24, 2.45) is 0 Å². The Morgan fingerprint density at radius 1 is 0.893 bits per heavy atom. The average molecular weight is 389 g/mol. The van der Waals surface area contributed by atoms with Crippen LogP contribution < -0.4 is 9.80 Å². The van der Waals surface area contributed by atoms with Crippen LogP contribution in [0.25, 0.3) is 5.65 Å². The second-order valence-corrected chi connectivity index (χ2v) is 7.14. The zero-order valence-electron chi connectivity index (χ0n) is 15.0. The Morgan fingerprint density at radius 3 is 2.29 bits per heavy atom. The summed E-state index contributed by atoms with van der Waals surface area (Å²) in [6, 6.07) is 4.80. The van der Waals surface area contributed by atoms with E-state index in [2.05, 4.69) is 25.0 Å². The van der Waals surface area contributed by atoms with Gasteiger partial charge in [-0.2, -0.15) is 18.3 Å². The van der Waals surface area contributed by atoms with E-state index in [0.717, 1.165) is 30.4 Å². The molecule has 0 amide bonds. The van der Waals surface area contributed by atoms with Crippen molar-refractivity contribution in [3.63, 3.8) is 0 Å². The summed E-state index contributed by atoms with van der Waals surface area (Å²) in [6.07, 6.45) is 0.795. The Labute approximate surface area is 158 Å². The zero-order chi connectivity index (χ0) is 19.3. The van der Waals surface area contributed by atoms with Gasteiger partial charge in [-0.3, -0.25) is 0 Å².